The van der Waals surface area contributed by atoms with E-state index >= 15 is 0 Å². The van der Waals surface area contributed by atoms with Crippen molar-refractivity contribution in [3.63, 3.8) is 0 Å². The number of sulfonamides is 1. The van der Waals surface area contributed by atoms with Gasteiger partial charge in [0.2, 0.25) is 10.0 Å². The Hall–Kier alpha value is -0.600. The number of hydrogen-bond acceptors (Lipinski definition) is 5. The van der Waals surface area contributed by atoms with Gasteiger partial charge in [-0.05, 0) is 26.2 Å². The summed E-state index contributed by atoms with van der Waals surface area (Å²) in [5.41, 5.74) is 0. The van der Waals surface area contributed by atoms with Gasteiger partial charge in [0.25, 0.3) is 0 Å². The fourth-order valence-corrected chi connectivity index (χ4v) is 4.77. The molecule has 1 rings (SSSR count). The van der Waals surface area contributed by atoms with E-state index < -0.39 is 27.3 Å². The highest BCUT2D eigenvalue weighted by molar-refractivity contribution is 8.14. The number of rotatable bonds is 5. The quantitative estimate of drug-likeness (QED) is 0.812. The molecule has 19 heavy (non-hydrogen) atoms. The van der Waals surface area contributed by atoms with Crippen LogP contribution in [0.2, 0.25) is 0 Å². The van der Waals surface area contributed by atoms with E-state index in [1.54, 1.807) is 0 Å². The van der Waals surface area contributed by atoms with Crippen LogP contribution in [0.25, 0.3) is 0 Å². The zero-order chi connectivity index (χ0) is 14.6. The lowest BCUT2D eigenvalue weighted by molar-refractivity contribution is -0.142. The van der Waals surface area contributed by atoms with E-state index in [-0.39, 0.29) is 17.4 Å². The summed E-state index contributed by atoms with van der Waals surface area (Å²) in [6.07, 6.45) is 1.75. The van der Waals surface area contributed by atoms with E-state index in [0.717, 1.165) is 22.5 Å². The molecule has 6 nitrogen and oxygen atoms in total. The molecule has 0 aliphatic carbocycles. The van der Waals surface area contributed by atoms with Crippen LogP contribution in [0.15, 0.2) is 0 Å². The van der Waals surface area contributed by atoms with Crippen LogP contribution in [0.3, 0.4) is 0 Å². The molecule has 1 fully saturated rings. The standard InChI is InChI=1S/C11H19NO5S2/c1-8(7-18-9(2)13)19(16,17)12-6-4-3-5-10(12)11(14)15/h8,10H,3-7H2,1-2H3,(H,14,15). The number of piperidine rings is 1. The monoisotopic (exact) mass is 309 g/mol. The van der Waals surface area contributed by atoms with Crippen molar-refractivity contribution in [2.75, 3.05) is 12.3 Å². The zero-order valence-electron chi connectivity index (χ0n) is 11.0. The maximum atomic E-state index is 12.4. The summed E-state index contributed by atoms with van der Waals surface area (Å²) in [6, 6.07) is -0.969. The summed E-state index contributed by atoms with van der Waals surface area (Å²) in [7, 11) is -3.67. The van der Waals surface area contributed by atoms with Crippen LogP contribution in [0.4, 0.5) is 0 Å². The van der Waals surface area contributed by atoms with Gasteiger partial charge in [0.1, 0.15) is 6.04 Å². The highest BCUT2D eigenvalue weighted by atomic mass is 32.2. The lowest BCUT2D eigenvalue weighted by atomic mass is 10.1. The number of nitrogens with zero attached hydrogens (tertiary/aromatic N) is 1. The van der Waals surface area contributed by atoms with Crippen molar-refractivity contribution in [3.8, 4) is 0 Å². The Morgan fingerprint density at radius 1 is 1.42 bits per heavy atom. The summed E-state index contributed by atoms with van der Waals surface area (Å²) >= 11 is 0.948. The van der Waals surface area contributed by atoms with E-state index in [4.69, 9.17) is 5.11 Å². The summed E-state index contributed by atoms with van der Waals surface area (Å²) in [5, 5.41) is 8.20. The van der Waals surface area contributed by atoms with Crippen molar-refractivity contribution in [3.05, 3.63) is 0 Å². The topological polar surface area (TPSA) is 91.8 Å². The zero-order valence-corrected chi connectivity index (χ0v) is 12.7. The molecule has 2 unspecified atom stereocenters. The van der Waals surface area contributed by atoms with Crippen LogP contribution in [0.5, 0.6) is 0 Å². The summed E-state index contributed by atoms with van der Waals surface area (Å²) in [6.45, 7) is 3.14. The molecule has 1 N–H and O–H groups in total. The Morgan fingerprint density at radius 3 is 2.58 bits per heavy atom. The minimum atomic E-state index is -3.67. The van der Waals surface area contributed by atoms with Gasteiger partial charge in [-0.15, -0.1) is 0 Å². The summed E-state index contributed by atoms with van der Waals surface area (Å²) in [5.74, 6) is -0.949. The van der Waals surface area contributed by atoms with Gasteiger partial charge >= 0.3 is 5.97 Å². The smallest absolute Gasteiger partial charge is 0.322 e. The van der Waals surface area contributed by atoms with E-state index in [2.05, 4.69) is 0 Å². The average molecular weight is 309 g/mol. The third-order valence-electron chi connectivity index (χ3n) is 3.10. The first-order valence-corrected chi connectivity index (χ1v) is 8.62. The van der Waals surface area contributed by atoms with Gasteiger partial charge in [-0.1, -0.05) is 11.8 Å². The lowest BCUT2D eigenvalue weighted by Crippen LogP contribution is -2.51. The van der Waals surface area contributed by atoms with Crippen LogP contribution in [-0.4, -0.2) is 52.5 Å². The van der Waals surface area contributed by atoms with E-state index in [9.17, 15) is 18.0 Å². The van der Waals surface area contributed by atoms with Crippen LogP contribution < -0.4 is 0 Å². The van der Waals surface area contributed by atoms with Gasteiger partial charge in [0.15, 0.2) is 5.12 Å². The Labute approximate surface area is 117 Å². The highest BCUT2D eigenvalue weighted by Crippen LogP contribution is 2.24. The van der Waals surface area contributed by atoms with Gasteiger partial charge in [-0.3, -0.25) is 9.59 Å². The Morgan fingerprint density at radius 2 is 2.05 bits per heavy atom. The molecule has 0 aromatic rings. The minimum Gasteiger partial charge on any atom is -0.480 e. The molecular formula is C11H19NO5S2. The van der Waals surface area contributed by atoms with E-state index in [1.165, 1.54) is 13.8 Å². The van der Waals surface area contributed by atoms with Crippen molar-refractivity contribution < 1.29 is 23.1 Å². The van der Waals surface area contributed by atoms with Gasteiger partial charge in [-0.2, -0.15) is 4.31 Å². The number of carbonyl (C=O) groups excluding carboxylic acids is 1. The molecule has 0 spiro atoms. The first kappa shape index (κ1) is 16.5. The van der Waals surface area contributed by atoms with Crippen molar-refractivity contribution in [2.45, 2.75) is 44.4 Å². The first-order valence-electron chi connectivity index (χ1n) is 6.13. The maximum Gasteiger partial charge on any atom is 0.322 e. The van der Waals surface area contributed by atoms with Gasteiger partial charge < -0.3 is 5.11 Å². The van der Waals surface area contributed by atoms with Gasteiger partial charge in [-0.25, -0.2) is 8.42 Å². The fraction of sp³-hybridized carbons (Fsp3) is 0.818. The third-order valence-corrected chi connectivity index (χ3v) is 6.65. The third kappa shape index (κ3) is 4.19. The van der Waals surface area contributed by atoms with Gasteiger partial charge in [0.05, 0.1) is 5.25 Å². The van der Waals surface area contributed by atoms with Crippen molar-refractivity contribution in [1.82, 2.24) is 4.31 Å². The Kier molecular flexibility index (Phi) is 5.82. The normalized spacial score (nSPS) is 22.9. The largest absolute Gasteiger partial charge is 0.480 e. The molecule has 0 bridgehead atoms. The molecular weight excluding hydrogens is 290 g/mol. The molecule has 0 aromatic carbocycles. The van der Waals surface area contributed by atoms with E-state index in [1.807, 2.05) is 0 Å². The number of thioether (sulfide) groups is 1. The number of aliphatic carboxylic acids is 1. The Bertz CT molecular complexity index is 448. The first-order chi connectivity index (χ1) is 8.76. The summed E-state index contributed by atoms with van der Waals surface area (Å²) in [4.78, 5) is 22.0. The minimum absolute atomic E-state index is 0.143. The van der Waals surface area contributed by atoms with E-state index in [0.29, 0.717) is 12.8 Å². The maximum absolute atomic E-state index is 12.4. The average Bonchev–Trinajstić information content (AvgIpc) is 2.35. The van der Waals surface area contributed by atoms with Crippen LogP contribution >= 0.6 is 11.8 Å². The number of hydrogen-bond donors (Lipinski definition) is 1. The summed E-state index contributed by atoms with van der Waals surface area (Å²) < 4.78 is 25.8. The second kappa shape index (κ2) is 6.71. The number of carbonyl (C=O) groups is 2. The van der Waals surface area contributed by atoms with Crippen molar-refractivity contribution >= 4 is 32.9 Å². The molecule has 1 saturated heterocycles. The van der Waals surface area contributed by atoms with Crippen LogP contribution in [-0.2, 0) is 19.6 Å². The second-order valence-electron chi connectivity index (χ2n) is 4.62. The molecule has 110 valence electrons. The number of carboxylic acid groups (broad SMARTS) is 1. The molecule has 0 aromatic heterocycles. The molecule has 2 atom stereocenters. The van der Waals surface area contributed by atoms with Crippen LogP contribution in [0, 0.1) is 0 Å². The van der Waals surface area contributed by atoms with Crippen molar-refractivity contribution in [1.29, 1.82) is 0 Å². The molecule has 0 amide bonds. The molecule has 0 radical (unpaired) electrons. The lowest BCUT2D eigenvalue weighted by Gasteiger charge is -2.33. The Balaban J connectivity index is 2.84. The van der Waals surface area contributed by atoms with Crippen LogP contribution in [0.1, 0.15) is 33.1 Å². The molecule has 1 aliphatic heterocycles. The predicted octanol–water partition coefficient (Wildman–Crippen LogP) is 0.924. The highest BCUT2D eigenvalue weighted by Gasteiger charge is 2.39. The van der Waals surface area contributed by atoms with Crippen molar-refractivity contribution in [2.24, 2.45) is 0 Å². The SMILES string of the molecule is CC(=O)SCC(C)S(=O)(=O)N1CCCCC1C(=O)O. The molecule has 8 heteroatoms. The number of carboxylic acids is 1. The van der Waals surface area contributed by atoms with Gasteiger partial charge in [0, 0.05) is 19.2 Å². The molecule has 1 heterocycles. The predicted molar refractivity (Wildman–Crippen MR) is 73.5 cm³/mol. The molecule has 1 aliphatic rings. The molecule has 0 saturated carbocycles. The fourth-order valence-electron chi connectivity index (χ4n) is 2.01. The second-order valence-corrected chi connectivity index (χ2v) is 8.12.